The Kier molecular flexibility index (Phi) is 3.73. The van der Waals surface area contributed by atoms with Crippen molar-refractivity contribution in [3.05, 3.63) is 76.1 Å². The molecule has 1 aliphatic carbocycles. The van der Waals surface area contributed by atoms with Gasteiger partial charge in [0, 0.05) is 16.1 Å². The van der Waals surface area contributed by atoms with Crippen LogP contribution in [0.3, 0.4) is 0 Å². The van der Waals surface area contributed by atoms with Crippen LogP contribution in [0, 0.1) is 5.82 Å². The molecule has 0 aromatic heterocycles. The lowest BCUT2D eigenvalue weighted by atomic mass is 10.0. The monoisotopic (exact) mass is 339 g/mol. The summed E-state index contributed by atoms with van der Waals surface area (Å²) in [6, 6.07) is 14.5. The van der Waals surface area contributed by atoms with Crippen molar-refractivity contribution in [2.75, 3.05) is 5.32 Å². The fraction of sp³-hybridized carbons (Fsp3) is 0.150. The molecular formula is C20H15ClFNO. The van der Waals surface area contributed by atoms with E-state index in [2.05, 4.69) is 17.4 Å². The van der Waals surface area contributed by atoms with Gasteiger partial charge in [-0.05, 0) is 53.1 Å². The minimum Gasteiger partial charge on any atom is -0.325 e. The number of halogens is 2. The highest BCUT2D eigenvalue weighted by Gasteiger charge is 2.17. The maximum absolute atomic E-state index is 13.9. The lowest BCUT2D eigenvalue weighted by Crippen LogP contribution is -2.15. The standard InChI is InChI=1S/C20H15ClFNO/c21-15-8-6-14(17(22)11-15)10-19(24)23-18-9-7-13-5-4-12-2-1-3-16(18)20(12)13/h1-3,6-9,11H,4-5,10H2,(H,23,24). The van der Waals surface area contributed by atoms with E-state index in [0.717, 1.165) is 23.9 Å². The fourth-order valence-electron chi connectivity index (χ4n) is 3.39. The Morgan fingerprint density at radius 2 is 1.88 bits per heavy atom. The van der Waals surface area contributed by atoms with E-state index in [0.29, 0.717) is 10.6 Å². The van der Waals surface area contributed by atoms with E-state index >= 15 is 0 Å². The third-order valence-electron chi connectivity index (χ3n) is 4.52. The van der Waals surface area contributed by atoms with Crippen LogP contribution in [0.15, 0.2) is 48.5 Å². The van der Waals surface area contributed by atoms with Crippen LogP contribution >= 0.6 is 11.6 Å². The summed E-state index contributed by atoms with van der Waals surface area (Å²) in [5.74, 6) is -0.701. The molecule has 1 amide bonds. The molecule has 0 radical (unpaired) electrons. The summed E-state index contributed by atoms with van der Waals surface area (Å²) in [5, 5.41) is 5.53. The highest BCUT2D eigenvalue weighted by molar-refractivity contribution is 6.30. The highest BCUT2D eigenvalue weighted by Crippen LogP contribution is 2.35. The Bertz CT molecular complexity index is 957. The van der Waals surface area contributed by atoms with Gasteiger partial charge >= 0.3 is 0 Å². The maximum Gasteiger partial charge on any atom is 0.228 e. The number of hydrogen-bond acceptors (Lipinski definition) is 1. The van der Waals surface area contributed by atoms with Crippen molar-refractivity contribution < 1.29 is 9.18 Å². The molecule has 0 fully saturated rings. The van der Waals surface area contributed by atoms with E-state index < -0.39 is 5.82 Å². The van der Waals surface area contributed by atoms with E-state index in [1.54, 1.807) is 12.1 Å². The van der Waals surface area contributed by atoms with Gasteiger partial charge in [-0.1, -0.05) is 41.9 Å². The van der Waals surface area contributed by atoms with Crippen molar-refractivity contribution in [3.8, 4) is 0 Å². The van der Waals surface area contributed by atoms with E-state index in [-0.39, 0.29) is 12.3 Å². The first-order chi connectivity index (χ1) is 11.6. The normalized spacial score (nSPS) is 12.6. The van der Waals surface area contributed by atoms with Crippen LogP contribution < -0.4 is 5.32 Å². The quantitative estimate of drug-likeness (QED) is 0.721. The average Bonchev–Trinajstić information content (AvgIpc) is 2.98. The lowest BCUT2D eigenvalue weighted by Gasteiger charge is -2.11. The third-order valence-corrected chi connectivity index (χ3v) is 4.75. The molecule has 2 nitrogen and oxygen atoms in total. The Labute approximate surface area is 144 Å². The van der Waals surface area contributed by atoms with Gasteiger partial charge in [-0.2, -0.15) is 0 Å². The summed E-state index contributed by atoms with van der Waals surface area (Å²) in [6.07, 6.45) is 2.06. The van der Waals surface area contributed by atoms with Gasteiger partial charge in [-0.15, -0.1) is 0 Å². The summed E-state index contributed by atoms with van der Waals surface area (Å²) in [6.45, 7) is 0. The number of rotatable bonds is 3. The molecule has 0 aliphatic heterocycles. The summed E-state index contributed by atoms with van der Waals surface area (Å²) < 4.78 is 13.9. The van der Waals surface area contributed by atoms with Crippen LogP contribution in [-0.4, -0.2) is 5.91 Å². The molecule has 0 saturated carbocycles. The van der Waals surface area contributed by atoms with Crippen molar-refractivity contribution in [2.45, 2.75) is 19.3 Å². The number of carbonyl (C=O) groups is 1. The van der Waals surface area contributed by atoms with Gasteiger partial charge in [0.15, 0.2) is 0 Å². The molecule has 0 saturated heterocycles. The van der Waals surface area contributed by atoms with E-state index in [1.165, 1.54) is 22.6 Å². The average molecular weight is 340 g/mol. The van der Waals surface area contributed by atoms with Crippen LogP contribution in [0.1, 0.15) is 16.7 Å². The number of benzene rings is 3. The zero-order valence-electron chi connectivity index (χ0n) is 12.9. The Hall–Kier alpha value is -2.39. The van der Waals surface area contributed by atoms with Crippen molar-refractivity contribution >= 4 is 34.0 Å². The number of hydrogen-bond donors (Lipinski definition) is 1. The second-order valence-electron chi connectivity index (χ2n) is 6.07. The second kappa shape index (κ2) is 5.91. The highest BCUT2D eigenvalue weighted by atomic mass is 35.5. The number of aryl methyl sites for hydroxylation is 2. The van der Waals surface area contributed by atoms with Crippen molar-refractivity contribution in [1.82, 2.24) is 0 Å². The van der Waals surface area contributed by atoms with Crippen molar-refractivity contribution in [3.63, 3.8) is 0 Å². The molecule has 4 rings (SSSR count). The number of nitrogens with one attached hydrogen (secondary N) is 1. The van der Waals surface area contributed by atoms with Crippen LogP contribution in [0.2, 0.25) is 5.02 Å². The van der Waals surface area contributed by atoms with E-state index in [9.17, 15) is 9.18 Å². The number of amides is 1. The Morgan fingerprint density at radius 1 is 1.08 bits per heavy atom. The molecule has 24 heavy (non-hydrogen) atoms. The molecule has 1 N–H and O–H groups in total. The van der Waals surface area contributed by atoms with Gasteiger partial charge in [0.25, 0.3) is 0 Å². The fourth-order valence-corrected chi connectivity index (χ4v) is 3.55. The van der Waals surface area contributed by atoms with Gasteiger partial charge < -0.3 is 5.32 Å². The SMILES string of the molecule is O=C(Cc1ccc(Cl)cc1F)Nc1ccc2c3c(cccc13)CC2. The minimum atomic E-state index is -0.460. The van der Waals surface area contributed by atoms with Gasteiger partial charge in [0.1, 0.15) is 5.82 Å². The molecule has 1 aliphatic rings. The lowest BCUT2D eigenvalue weighted by molar-refractivity contribution is -0.115. The maximum atomic E-state index is 13.9. The molecule has 3 aromatic rings. The Balaban J connectivity index is 1.62. The van der Waals surface area contributed by atoms with Crippen LogP contribution in [0.5, 0.6) is 0 Å². The largest absolute Gasteiger partial charge is 0.325 e. The summed E-state index contributed by atoms with van der Waals surface area (Å²) in [7, 11) is 0. The zero-order valence-corrected chi connectivity index (χ0v) is 13.7. The van der Waals surface area contributed by atoms with Gasteiger partial charge in [-0.3, -0.25) is 4.79 Å². The second-order valence-corrected chi connectivity index (χ2v) is 6.51. The smallest absolute Gasteiger partial charge is 0.228 e. The summed E-state index contributed by atoms with van der Waals surface area (Å²) in [4.78, 5) is 12.3. The molecule has 0 bridgehead atoms. The topological polar surface area (TPSA) is 29.1 Å². The van der Waals surface area contributed by atoms with Gasteiger partial charge in [0.05, 0.1) is 6.42 Å². The number of anilines is 1. The Morgan fingerprint density at radius 3 is 2.67 bits per heavy atom. The van der Waals surface area contributed by atoms with Gasteiger partial charge in [0.2, 0.25) is 5.91 Å². The first-order valence-electron chi connectivity index (χ1n) is 7.89. The number of carbonyl (C=O) groups excluding carboxylic acids is 1. The van der Waals surface area contributed by atoms with Crippen molar-refractivity contribution in [2.24, 2.45) is 0 Å². The molecular weight excluding hydrogens is 325 g/mol. The molecule has 0 heterocycles. The summed E-state index contributed by atoms with van der Waals surface area (Å²) >= 11 is 5.74. The zero-order chi connectivity index (χ0) is 16.7. The predicted octanol–water partition coefficient (Wildman–Crippen LogP) is 4.91. The van der Waals surface area contributed by atoms with Crippen molar-refractivity contribution in [1.29, 1.82) is 0 Å². The van der Waals surface area contributed by atoms with Crippen LogP contribution in [0.25, 0.3) is 10.8 Å². The first-order valence-corrected chi connectivity index (χ1v) is 8.27. The third kappa shape index (κ3) is 2.65. The molecule has 0 atom stereocenters. The molecule has 4 heteroatoms. The van der Waals surface area contributed by atoms with E-state index in [1.807, 2.05) is 18.2 Å². The summed E-state index contributed by atoms with van der Waals surface area (Å²) in [5.41, 5.74) is 3.75. The molecule has 3 aromatic carbocycles. The van der Waals surface area contributed by atoms with Crippen LogP contribution in [-0.2, 0) is 24.1 Å². The molecule has 0 unspecified atom stereocenters. The van der Waals surface area contributed by atoms with E-state index in [4.69, 9.17) is 11.6 Å². The minimum absolute atomic E-state index is 0.0219. The molecule has 0 spiro atoms. The molecule has 120 valence electrons. The predicted molar refractivity (Wildman–Crippen MR) is 95.1 cm³/mol. The first kappa shape index (κ1) is 15.2. The van der Waals surface area contributed by atoms with Crippen LogP contribution in [0.4, 0.5) is 10.1 Å². The van der Waals surface area contributed by atoms with Gasteiger partial charge in [-0.25, -0.2) is 4.39 Å².